The van der Waals surface area contributed by atoms with Gasteiger partial charge in [0.1, 0.15) is 17.2 Å². The lowest BCUT2D eigenvalue weighted by molar-refractivity contribution is -0.0803. The van der Waals surface area contributed by atoms with Gasteiger partial charge in [-0.15, -0.1) is 0 Å². The van der Waals surface area contributed by atoms with E-state index in [0.29, 0.717) is 12.3 Å². The number of hydrogen-bond acceptors (Lipinski definition) is 6. The molecule has 1 aromatic rings. The largest absolute Gasteiger partial charge is 0.496 e. The van der Waals surface area contributed by atoms with Crippen molar-refractivity contribution in [1.82, 2.24) is 4.90 Å². The minimum atomic E-state index is -0.000365. The first-order chi connectivity index (χ1) is 11.0. The van der Waals surface area contributed by atoms with Gasteiger partial charge in [-0.25, -0.2) is 0 Å². The number of rotatable bonds is 6. The van der Waals surface area contributed by atoms with Gasteiger partial charge < -0.3 is 24.7 Å². The number of methoxy groups -OCH3 is 3. The fourth-order valence-electron chi connectivity index (χ4n) is 3.28. The molecule has 0 aromatic heterocycles. The molecule has 1 aromatic carbocycles. The van der Waals surface area contributed by atoms with Gasteiger partial charge in [0.15, 0.2) is 0 Å². The molecule has 2 rings (SSSR count). The van der Waals surface area contributed by atoms with Gasteiger partial charge in [-0.1, -0.05) is 0 Å². The molecular weight excluding hydrogens is 296 g/mol. The van der Waals surface area contributed by atoms with Crippen LogP contribution in [0.5, 0.6) is 17.2 Å². The number of nitrogens with zero attached hydrogens (tertiary/aromatic N) is 1. The van der Waals surface area contributed by atoms with Crippen molar-refractivity contribution in [2.24, 2.45) is 5.73 Å². The normalized spacial score (nSPS) is 23.4. The third-order valence-corrected chi connectivity index (χ3v) is 4.20. The zero-order valence-corrected chi connectivity index (χ0v) is 14.7. The van der Waals surface area contributed by atoms with Crippen LogP contribution in [0.3, 0.4) is 0 Å². The molecule has 0 spiro atoms. The molecule has 6 heteroatoms. The molecule has 2 N–H and O–H groups in total. The van der Waals surface area contributed by atoms with Crippen LogP contribution in [-0.2, 0) is 4.74 Å². The minimum absolute atomic E-state index is 0.000365. The summed E-state index contributed by atoms with van der Waals surface area (Å²) in [5.41, 5.74) is 7.08. The lowest BCUT2D eigenvalue weighted by Gasteiger charge is -2.40. The fourth-order valence-corrected chi connectivity index (χ4v) is 3.28. The average molecular weight is 324 g/mol. The van der Waals surface area contributed by atoms with E-state index >= 15 is 0 Å². The summed E-state index contributed by atoms with van der Waals surface area (Å²) in [6, 6.07) is 3.74. The molecule has 3 atom stereocenters. The molecule has 0 unspecified atom stereocenters. The van der Waals surface area contributed by atoms with Crippen LogP contribution in [0.1, 0.15) is 25.5 Å². The zero-order chi connectivity index (χ0) is 17.0. The molecule has 0 radical (unpaired) electrons. The van der Waals surface area contributed by atoms with Crippen molar-refractivity contribution >= 4 is 0 Å². The Morgan fingerprint density at radius 3 is 2.00 bits per heavy atom. The highest BCUT2D eigenvalue weighted by atomic mass is 16.5. The van der Waals surface area contributed by atoms with E-state index in [-0.39, 0.29) is 18.2 Å². The molecule has 1 aliphatic heterocycles. The summed E-state index contributed by atoms with van der Waals surface area (Å²) in [6.45, 7) is 6.28. The molecule has 0 saturated carbocycles. The first-order valence-corrected chi connectivity index (χ1v) is 7.93. The predicted octanol–water partition coefficient (Wildman–Crippen LogP) is 1.82. The highest BCUT2D eigenvalue weighted by Gasteiger charge is 2.32. The van der Waals surface area contributed by atoms with E-state index in [2.05, 4.69) is 18.7 Å². The van der Waals surface area contributed by atoms with Crippen molar-refractivity contribution in [1.29, 1.82) is 0 Å². The Morgan fingerprint density at radius 1 is 1.09 bits per heavy atom. The van der Waals surface area contributed by atoms with Crippen molar-refractivity contribution in [2.45, 2.75) is 32.1 Å². The molecule has 0 aliphatic carbocycles. The molecule has 1 saturated heterocycles. The maximum absolute atomic E-state index is 6.12. The molecule has 23 heavy (non-hydrogen) atoms. The topological polar surface area (TPSA) is 66.2 Å². The second-order valence-corrected chi connectivity index (χ2v) is 5.91. The van der Waals surface area contributed by atoms with E-state index in [9.17, 15) is 0 Å². The van der Waals surface area contributed by atoms with Crippen LogP contribution < -0.4 is 19.9 Å². The highest BCUT2D eigenvalue weighted by Crippen LogP contribution is 2.40. The number of ether oxygens (including phenoxy) is 4. The molecule has 1 fully saturated rings. The Labute approximate surface area is 138 Å². The molecule has 130 valence electrons. The average Bonchev–Trinajstić information content (AvgIpc) is 2.54. The molecular formula is C17H28N2O4. The van der Waals surface area contributed by atoms with Crippen molar-refractivity contribution in [3.8, 4) is 17.2 Å². The smallest absolute Gasteiger partial charge is 0.131 e. The van der Waals surface area contributed by atoms with Gasteiger partial charge >= 0.3 is 0 Å². The van der Waals surface area contributed by atoms with Gasteiger partial charge in [0.2, 0.25) is 0 Å². The minimum Gasteiger partial charge on any atom is -0.496 e. The summed E-state index contributed by atoms with van der Waals surface area (Å²) in [7, 11) is 4.92. The van der Waals surface area contributed by atoms with Crippen LogP contribution in [0.15, 0.2) is 12.1 Å². The molecule has 0 bridgehead atoms. The highest BCUT2D eigenvalue weighted by molar-refractivity contribution is 5.52. The Balaban J connectivity index is 2.43. The van der Waals surface area contributed by atoms with Crippen molar-refractivity contribution in [3.63, 3.8) is 0 Å². The summed E-state index contributed by atoms with van der Waals surface area (Å²) in [5.74, 6) is 2.15. The molecule has 1 aliphatic rings. The Bertz CT molecular complexity index is 488. The summed E-state index contributed by atoms with van der Waals surface area (Å²) in [4.78, 5) is 2.34. The summed E-state index contributed by atoms with van der Waals surface area (Å²) < 4.78 is 22.3. The predicted molar refractivity (Wildman–Crippen MR) is 89.5 cm³/mol. The van der Waals surface area contributed by atoms with Gasteiger partial charge in [-0.05, 0) is 13.8 Å². The first-order valence-electron chi connectivity index (χ1n) is 7.93. The van der Waals surface area contributed by atoms with Gasteiger partial charge in [0.05, 0.1) is 45.1 Å². The van der Waals surface area contributed by atoms with Crippen molar-refractivity contribution in [2.75, 3.05) is 41.0 Å². The number of hydrogen-bond donors (Lipinski definition) is 1. The SMILES string of the molecule is COc1cc(OC)c([C@H](CN)N2C[C@@H](C)O[C@H](C)C2)c(OC)c1. The molecule has 1 heterocycles. The summed E-state index contributed by atoms with van der Waals surface area (Å²) >= 11 is 0. The molecule has 0 amide bonds. The number of morpholine rings is 1. The van der Waals surface area contributed by atoms with E-state index in [1.165, 1.54) is 0 Å². The van der Waals surface area contributed by atoms with Gasteiger partial charge in [0, 0.05) is 31.8 Å². The van der Waals surface area contributed by atoms with E-state index in [1.807, 2.05) is 12.1 Å². The van der Waals surface area contributed by atoms with Gasteiger partial charge in [-0.2, -0.15) is 0 Å². The van der Waals surface area contributed by atoms with E-state index in [4.69, 9.17) is 24.7 Å². The van der Waals surface area contributed by atoms with Crippen molar-refractivity contribution in [3.05, 3.63) is 17.7 Å². The van der Waals surface area contributed by atoms with Crippen LogP contribution >= 0.6 is 0 Å². The Hall–Kier alpha value is -1.50. The van der Waals surface area contributed by atoms with Crippen LogP contribution in [0.25, 0.3) is 0 Å². The standard InChI is InChI=1S/C17H28N2O4/c1-11-9-19(10-12(2)23-11)14(8-18)17-15(21-4)6-13(20-3)7-16(17)22-5/h6-7,11-12,14H,8-10,18H2,1-5H3/t11-,12-,14+/m1/s1. The van der Waals surface area contributed by atoms with Crippen LogP contribution in [0.4, 0.5) is 0 Å². The van der Waals surface area contributed by atoms with Crippen LogP contribution in [0.2, 0.25) is 0 Å². The quantitative estimate of drug-likeness (QED) is 0.861. The van der Waals surface area contributed by atoms with E-state index < -0.39 is 0 Å². The second kappa shape index (κ2) is 7.86. The van der Waals surface area contributed by atoms with Gasteiger partial charge in [-0.3, -0.25) is 4.90 Å². The van der Waals surface area contributed by atoms with Crippen LogP contribution in [-0.4, -0.2) is 58.1 Å². The maximum atomic E-state index is 6.12. The van der Waals surface area contributed by atoms with Crippen molar-refractivity contribution < 1.29 is 18.9 Å². The van der Waals surface area contributed by atoms with Crippen LogP contribution in [0, 0.1) is 0 Å². The lowest BCUT2D eigenvalue weighted by atomic mass is 10.0. The Morgan fingerprint density at radius 2 is 1.61 bits per heavy atom. The second-order valence-electron chi connectivity index (χ2n) is 5.91. The van der Waals surface area contributed by atoms with Gasteiger partial charge in [0.25, 0.3) is 0 Å². The first kappa shape index (κ1) is 17.8. The number of nitrogens with two attached hydrogens (primary N) is 1. The van der Waals surface area contributed by atoms with E-state index in [1.54, 1.807) is 21.3 Å². The maximum Gasteiger partial charge on any atom is 0.131 e. The third-order valence-electron chi connectivity index (χ3n) is 4.20. The van der Waals surface area contributed by atoms with E-state index in [0.717, 1.165) is 30.2 Å². The summed E-state index contributed by atoms with van der Waals surface area (Å²) in [5, 5.41) is 0. The molecule has 6 nitrogen and oxygen atoms in total. The zero-order valence-electron chi connectivity index (χ0n) is 14.7. The Kier molecular flexibility index (Phi) is 6.10. The summed E-state index contributed by atoms with van der Waals surface area (Å²) in [6.07, 6.45) is 0.339. The third kappa shape index (κ3) is 3.88. The fraction of sp³-hybridized carbons (Fsp3) is 0.647. The number of benzene rings is 1. The monoisotopic (exact) mass is 324 g/mol. The lowest BCUT2D eigenvalue weighted by Crippen LogP contribution is -2.48.